The quantitative estimate of drug-likeness (QED) is 0.836. The van der Waals surface area contributed by atoms with Crippen molar-refractivity contribution in [1.29, 1.82) is 5.26 Å². The van der Waals surface area contributed by atoms with Gasteiger partial charge >= 0.3 is 0 Å². The zero-order valence-electron chi connectivity index (χ0n) is 8.77. The fourth-order valence-electron chi connectivity index (χ4n) is 1.26. The van der Waals surface area contributed by atoms with Gasteiger partial charge in [0.25, 0.3) is 0 Å². The van der Waals surface area contributed by atoms with Gasteiger partial charge < -0.3 is 11.1 Å². The van der Waals surface area contributed by atoms with E-state index in [2.05, 4.69) is 10.3 Å². The topological polar surface area (TPSA) is 74.7 Å². The van der Waals surface area contributed by atoms with Crippen LogP contribution in [0.5, 0.6) is 0 Å². The minimum atomic E-state index is 0.248. The third-order valence-electron chi connectivity index (χ3n) is 2.11. The number of nitrogen functional groups attached to an aromatic ring is 1. The molecule has 0 unspecified atom stereocenters. The number of halogens is 1. The number of aromatic nitrogens is 1. The Kier molecular flexibility index (Phi) is 3.47. The van der Waals surface area contributed by atoms with Crippen LogP contribution in [0.3, 0.4) is 0 Å². The number of nitriles is 1. The summed E-state index contributed by atoms with van der Waals surface area (Å²) in [5.41, 5.74) is 7.41. The summed E-state index contributed by atoms with van der Waals surface area (Å²) < 4.78 is 0. The second-order valence-corrected chi connectivity index (χ2v) is 4.70. The van der Waals surface area contributed by atoms with Crippen molar-refractivity contribution < 1.29 is 0 Å². The van der Waals surface area contributed by atoms with Gasteiger partial charge in [-0.1, -0.05) is 35.1 Å². The van der Waals surface area contributed by atoms with Gasteiger partial charge in [-0.05, 0) is 17.7 Å². The highest BCUT2D eigenvalue weighted by atomic mass is 35.5. The van der Waals surface area contributed by atoms with Crippen LogP contribution in [-0.2, 0) is 6.54 Å². The van der Waals surface area contributed by atoms with Crippen LogP contribution in [0.2, 0.25) is 5.15 Å². The van der Waals surface area contributed by atoms with Gasteiger partial charge in [-0.3, -0.25) is 0 Å². The number of nitrogens with two attached hydrogens (primary N) is 1. The number of hydrogen-bond donors (Lipinski definition) is 2. The van der Waals surface area contributed by atoms with Crippen molar-refractivity contribution in [2.45, 2.75) is 6.54 Å². The Hall–Kier alpha value is -1.77. The number of nitrogens with one attached hydrogen (secondary N) is 1. The van der Waals surface area contributed by atoms with Crippen molar-refractivity contribution in [3.8, 4) is 6.07 Å². The van der Waals surface area contributed by atoms with Gasteiger partial charge in [-0.2, -0.15) is 5.26 Å². The van der Waals surface area contributed by atoms with Gasteiger partial charge in [0.2, 0.25) is 0 Å². The lowest BCUT2D eigenvalue weighted by Crippen LogP contribution is -1.98. The highest BCUT2D eigenvalue weighted by molar-refractivity contribution is 7.16. The Morgan fingerprint density at radius 1 is 1.41 bits per heavy atom. The van der Waals surface area contributed by atoms with E-state index in [4.69, 9.17) is 22.6 Å². The van der Waals surface area contributed by atoms with E-state index in [0.717, 1.165) is 11.3 Å². The second-order valence-electron chi connectivity index (χ2n) is 3.35. The van der Waals surface area contributed by atoms with E-state index in [0.29, 0.717) is 16.6 Å². The molecular formula is C11H9ClN4S. The monoisotopic (exact) mass is 264 g/mol. The molecule has 17 heavy (non-hydrogen) atoms. The Balaban J connectivity index is 2.02. The second kappa shape index (κ2) is 5.04. The first kappa shape index (κ1) is 11.7. The molecule has 0 amide bonds. The van der Waals surface area contributed by atoms with E-state index in [1.165, 1.54) is 11.3 Å². The van der Waals surface area contributed by atoms with Gasteiger partial charge in [0.15, 0.2) is 10.3 Å². The maximum absolute atomic E-state index is 8.74. The zero-order chi connectivity index (χ0) is 12.3. The molecule has 86 valence electrons. The first-order valence-corrected chi connectivity index (χ1v) is 6.03. The molecule has 0 saturated carbocycles. The van der Waals surface area contributed by atoms with E-state index in [1.807, 2.05) is 30.3 Å². The van der Waals surface area contributed by atoms with Crippen molar-refractivity contribution in [3.63, 3.8) is 0 Å². The standard InChI is InChI=1S/C11H9ClN4S/c12-10-9(5-13)17-11(16-10)15-6-7-1-3-8(14)4-2-7/h1-4H,6,14H2,(H,15,16). The van der Waals surface area contributed by atoms with Crippen molar-refractivity contribution in [2.24, 2.45) is 0 Å². The highest BCUT2D eigenvalue weighted by Crippen LogP contribution is 2.26. The molecule has 6 heteroatoms. The summed E-state index contributed by atoms with van der Waals surface area (Å²) in [4.78, 5) is 4.46. The minimum Gasteiger partial charge on any atom is -0.399 e. The lowest BCUT2D eigenvalue weighted by molar-refractivity contribution is 1.13. The zero-order valence-corrected chi connectivity index (χ0v) is 10.3. The van der Waals surface area contributed by atoms with Gasteiger partial charge in [0, 0.05) is 12.2 Å². The van der Waals surface area contributed by atoms with E-state index in [-0.39, 0.29) is 5.15 Å². The van der Waals surface area contributed by atoms with Crippen LogP contribution >= 0.6 is 22.9 Å². The van der Waals surface area contributed by atoms with E-state index in [1.54, 1.807) is 0 Å². The molecule has 0 aliphatic carbocycles. The molecule has 1 heterocycles. The van der Waals surface area contributed by atoms with E-state index < -0.39 is 0 Å². The van der Waals surface area contributed by atoms with Gasteiger partial charge in [-0.25, -0.2) is 4.98 Å². The predicted molar refractivity (Wildman–Crippen MR) is 70.0 cm³/mol. The summed E-state index contributed by atoms with van der Waals surface area (Å²) in [6.07, 6.45) is 0. The molecule has 0 atom stereocenters. The van der Waals surface area contributed by atoms with E-state index >= 15 is 0 Å². The van der Waals surface area contributed by atoms with Crippen LogP contribution in [0.15, 0.2) is 24.3 Å². The van der Waals surface area contributed by atoms with Crippen LogP contribution < -0.4 is 11.1 Å². The van der Waals surface area contributed by atoms with Crippen molar-refractivity contribution >= 4 is 33.8 Å². The number of rotatable bonds is 3. The van der Waals surface area contributed by atoms with Gasteiger partial charge in [0.1, 0.15) is 10.9 Å². The Labute approximate surface area is 108 Å². The number of hydrogen-bond acceptors (Lipinski definition) is 5. The van der Waals surface area contributed by atoms with Crippen LogP contribution in [0.4, 0.5) is 10.8 Å². The third kappa shape index (κ3) is 2.87. The average molecular weight is 265 g/mol. The van der Waals surface area contributed by atoms with Crippen LogP contribution in [-0.4, -0.2) is 4.98 Å². The molecule has 0 spiro atoms. The summed E-state index contributed by atoms with van der Waals surface area (Å²) in [6, 6.07) is 9.54. The molecule has 2 rings (SSSR count). The minimum absolute atomic E-state index is 0.248. The predicted octanol–water partition coefficient (Wildman–Crippen LogP) is 2.86. The smallest absolute Gasteiger partial charge is 0.185 e. The molecular weight excluding hydrogens is 256 g/mol. The number of thiazole rings is 1. The fourth-order valence-corrected chi connectivity index (χ4v) is 2.20. The normalized spacial score (nSPS) is 9.88. The van der Waals surface area contributed by atoms with Gasteiger partial charge in [-0.15, -0.1) is 0 Å². The van der Waals surface area contributed by atoms with Crippen molar-refractivity contribution in [2.75, 3.05) is 11.1 Å². The summed E-state index contributed by atoms with van der Waals surface area (Å²) in [5.74, 6) is 0. The Morgan fingerprint density at radius 3 is 2.71 bits per heavy atom. The highest BCUT2D eigenvalue weighted by Gasteiger charge is 2.07. The largest absolute Gasteiger partial charge is 0.399 e. The van der Waals surface area contributed by atoms with Crippen LogP contribution in [0.1, 0.15) is 10.4 Å². The van der Waals surface area contributed by atoms with Crippen LogP contribution in [0, 0.1) is 11.3 Å². The molecule has 1 aromatic carbocycles. The molecule has 0 radical (unpaired) electrons. The molecule has 1 aromatic heterocycles. The lowest BCUT2D eigenvalue weighted by Gasteiger charge is -2.02. The average Bonchev–Trinajstić information content (AvgIpc) is 2.69. The number of benzene rings is 1. The molecule has 3 N–H and O–H groups in total. The lowest BCUT2D eigenvalue weighted by atomic mass is 10.2. The van der Waals surface area contributed by atoms with E-state index in [9.17, 15) is 0 Å². The maximum atomic E-state index is 8.74. The molecule has 0 fully saturated rings. The molecule has 2 aromatic rings. The molecule has 0 aliphatic rings. The summed E-state index contributed by atoms with van der Waals surface area (Å²) in [5, 5.41) is 12.7. The summed E-state index contributed by atoms with van der Waals surface area (Å²) in [6.45, 7) is 0.620. The molecule has 0 saturated heterocycles. The third-order valence-corrected chi connectivity index (χ3v) is 3.41. The number of nitrogens with zero attached hydrogens (tertiary/aromatic N) is 2. The Morgan fingerprint density at radius 2 is 2.12 bits per heavy atom. The summed E-state index contributed by atoms with van der Waals surface area (Å²) >= 11 is 7.01. The first-order chi connectivity index (χ1) is 8.19. The van der Waals surface area contributed by atoms with Crippen LogP contribution in [0.25, 0.3) is 0 Å². The number of anilines is 2. The maximum Gasteiger partial charge on any atom is 0.185 e. The SMILES string of the molecule is N#Cc1sc(NCc2ccc(N)cc2)nc1Cl. The first-order valence-electron chi connectivity index (χ1n) is 4.84. The molecule has 4 nitrogen and oxygen atoms in total. The molecule has 0 aliphatic heterocycles. The van der Waals surface area contributed by atoms with Crippen molar-refractivity contribution in [3.05, 3.63) is 39.9 Å². The summed E-state index contributed by atoms with van der Waals surface area (Å²) in [7, 11) is 0. The fraction of sp³-hybridized carbons (Fsp3) is 0.0909. The Bertz CT molecular complexity index is 556. The van der Waals surface area contributed by atoms with Gasteiger partial charge in [0.05, 0.1) is 0 Å². The van der Waals surface area contributed by atoms with Crippen molar-refractivity contribution in [1.82, 2.24) is 4.98 Å². The molecule has 0 bridgehead atoms.